The van der Waals surface area contributed by atoms with Crippen molar-refractivity contribution in [1.29, 1.82) is 0 Å². The van der Waals surface area contributed by atoms with Gasteiger partial charge in [0, 0.05) is 25.6 Å². The monoisotopic (exact) mass is 310 g/mol. The van der Waals surface area contributed by atoms with E-state index in [1.165, 1.54) is 0 Å². The van der Waals surface area contributed by atoms with E-state index < -0.39 is 11.4 Å². The third-order valence-electron chi connectivity index (χ3n) is 5.05. The number of hydrogen-bond acceptors (Lipinski definition) is 3. The Morgan fingerprint density at radius 2 is 2.05 bits per heavy atom. The molecular weight excluding hydrogens is 284 g/mol. The number of nitrogens with one attached hydrogen (secondary N) is 1. The van der Waals surface area contributed by atoms with E-state index in [2.05, 4.69) is 5.32 Å². The summed E-state index contributed by atoms with van der Waals surface area (Å²) >= 11 is 0. The van der Waals surface area contributed by atoms with Crippen molar-refractivity contribution < 1.29 is 19.5 Å². The minimum atomic E-state index is -0.829. The average molecular weight is 310 g/mol. The predicted octanol–water partition coefficient (Wildman–Crippen LogP) is 1.25. The molecule has 22 heavy (non-hydrogen) atoms. The van der Waals surface area contributed by atoms with Gasteiger partial charge in [0.1, 0.15) is 0 Å². The molecule has 6 heteroatoms. The third kappa shape index (κ3) is 3.59. The van der Waals surface area contributed by atoms with Crippen LogP contribution in [-0.4, -0.2) is 47.4 Å². The quantitative estimate of drug-likeness (QED) is 0.773. The number of carbonyl (C=O) groups excluding carboxylic acids is 2. The van der Waals surface area contributed by atoms with Crippen LogP contribution in [0.1, 0.15) is 46.0 Å². The molecule has 0 aromatic rings. The lowest BCUT2D eigenvalue weighted by Gasteiger charge is -2.33. The van der Waals surface area contributed by atoms with Gasteiger partial charge in [0.05, 0.1) is 11.3 Å². The Hall–Kier alpha value is -1.59. The molecule has 124 valence electrons. The van der Waals surface area contributed by atoms with Crippen molar-refractivity contribution >= 4 is 17.8 Å². The number of nitrogens with zero attached hydrogens (tertiary/aromatic N) is 1. The van der Waals surface area contributed by atoms with E-state index in [4.69, 9.17) is 5.11 Å². The summed E-state index contributed by atoms with van der Waals surface area (Å²) in [5, 5.41) is 11.9. The Labute approximate surface area is 131 Å². The SMILES string of the molecule is CCC(C)C(=O)N1CCCC(C(=O)NCC2(C(=O)O)CC2)C1. The van der Waals surface area contributed by atoms with Crippen LogP contribution in [0, 0.1) is 17.3 Å². The number of carboxylic acid groups (broad SMARTS) is 1. The average Bonchev–Trinajstić information content (AvgIpc) is 3.32. The van der Waals surface area contributed by atoms with Gasteiger partial charge in [-0.05, 0) is 32.1 Å². The van der Waals surface area contributed by atoms with Gasteiger partial charge in [-0.15, -0.1) is 0 Å². The van der Waals surface area contributed by atoms with Crippen LogP contribution in [0.15, 0.2) is 0 Å². The lowest BCUT2D eigenvalue weighted by Crippen LogP contribution is -2.48. The second-order valence-electron chi connectivity index (χ2n) is 6.74. The Bertz CT molecular complexity index is 459. The van der Waals surface area contributed by atoms with Gasteiger partial charge in [0.2, 0.25) is 11.8 Å². The number of hydrogen-bond donors (Lipinski definition) is 2. The van der Waals surface area contributed by atoms with Crippen LogP contribution in [0.4, 0.5) is 0 Å². The molecule has 1 aliphatic carbocycles. The summed E-state index contributed by atoms with van der Waals surface area (Å²) in [7, 11) is 0. The van der Waals surface area contributed by atoms with Crippen molar-refractivity contribution in [2.24, 2.45) is 17.3 Å². The summed E-state index contributed by atoms with van der Waals surface area (Å²) in [5.41, 5.74) is -0.740. The van der Waals surface area contributed by atoms with Gasteiger partial charge in [0.15, 0.2) is 0 Å². The summed E-state index contributed by atoms with van der Waals surface area (Å²) in [6.07, 6.45) is 3.64. The molecule has 2 atom stereocenters. The van der Waals surface area contributed by atoms with Gasteiger partial charge in [-0.1, -0.05) is 13.8 Å². The van der Waals surface area contributed by atoms with Crippen molar-refractivity contribution in [2.45, 2.75) is 46.0 Å². The Balaban J connectivity index is 1.85. The van der Waals surface area contributed by atoms with Crippen LogP contribution in [0.2, 0.25) is 0 Å². The topological polar surface area (TPSA) is 86.7 Å². The molecule has 2 unspecified atom stereocenters. The van der Waals surface area contributed by atoms with Crippen LogP contribution in [-0.2, 0) is 14.4 Å². The normalized spacial score (nSPS) is 24.5. The standard InChI is InChI=1S/C16H26N2O4/c1-3-11(2)14(20)18-8-4-5-12(9-18)13(19)17-10-16(6-7-16)15(21)22/h11-12H,3-10H2,1-2H3,(H,17,19)(H,21,22). The number of rotatable bonds is 6. The Kier molecular flexibility index (Phi) is 5.08. The summed E-state index contributed by atoms with van der Waals surface area (Å²) < 4.78 is 0. The van der Waals surface area contributed by atoms with Gasteiger partial charge in [-0.3, -0.25) is 14.4 Å². The van der Waals surface area contributed by atoms with E-state index in [0.717, 1.165) is 19.3 Å². The predicted molar refractivity (Wildman–Crippen MR) is 81.1 cm³/mol. The molecule has 1 heterocycles. The zero-order valence-corrected chi connectivity index (χ0v) is 13.4. The van der Waals surface area contributed by atoms with Gasteiger partial charge < -0.3 is 15.3 Å². The largest absolute Gasteiger partial charge is 0.481 e. The Morgan fingerprint density at radius 3 is 2.59 bits per heavy atom. The third-order valence-corrected chi connectivity index (χ3v) is 5.05. The van der Waals surface area contributed by atoms with E-state index in [-0.39, 0.29) is 30.2 Å². The molecular formula is C16H26N2O4. The smallest absolute Gasteiger partial charge is 0.311 e. The lowest BCUT2D eigenvalue weighted by atomic mass is 9.95. The summed E-state index contributed by atoms with van der Waals surface area (Å²) in [6, 6.07) is 0. The number of aliphatic carboxylic acids is 1. The van der Waals surface area contributed by atoms with Crippen molar-refractivity contribution in [2.75, 3.05) is 19.6 Å². The van der Waals surface area contributed by atoms with Crippen LogP contribution in [0.25, 0.3) is 0 Å². The first-order valence-corrected chi connectivity index (χ1v) is 8.19. The molecule has 2 rings (SSSR count). The molecule has 0 aromatic carbocycles. The number of likely N-dealkylation sites (tertiary alicyclic amines) is 1. The first-order chi connectivity index (χ1) is 10.4. The van der Waals surface area contributed by atoms with E-state index in [1.807, 2.05) is 13.8 Å². The van der Waals surface area contributed by atoms with E-state index in [9.17, 15) is 14.4 Å². The van der Waals surface area contributed by atoms with Gasteiger partial charge >= 0.3 is 5.97 Å². The molecule has 6 nitrogen and oxygen atoms in total. The van der Waals surface area contributed by atoms with Crippen molar-refractivity contribution in [3.05, 3.63) is 0 Å². The minimum absolute atomic E-state index is 0.0106. The molecule has 1 saturated heterocycles. The van der Waals surface area contributed by atoms with Crippen molar-refractivity contribution in [1.82, 2.24) is 10.2 Å². The van der Waals surface area contributed by atoms with Crippen LogP contribution in [0.5, 0.6) is 0 Å². The molecule has 2 fully saturated rings. The van der Waals surface area contributed by atoms with E-state index in [0.29, 0.717) is 25.9 Å². The highest BCUT2D eigenvalue weighted by Crippen LogP contribution is 2.45. The molecule has 0 radical (unpaired) electrons. The highest BCUT2D eigenvalue weighted by atomic mass is 16.4. The molecule has 0 spiro atoms. The van der Waals surface area contributed by atoms with Gasteiger partial charge in [0.25, 0.3) is 0 Å². The fourth-order valence-corrected chi connectivity index (χ4v) is 2.90. The molecule has 2 aliphatic rings. The first-order valence-electron chi connectivity index (χ1n) is 8.19. The zero-order chi connectivity index (χ0) is 16.3. The highest BCUT2D eigenvalue weighted by Gasteiger charge is 2.50. The minimum Gasteiger partial charge on any atom is -0.481 e. The maximum absolute atomic E-state index is 12.3. The number of piperidine rings is 1. The summed E-state index contributed by atoms with van der Waals surface area (Å²) in [4.78, 5) is 37.4. The highest BCUT2D eigenvalue weighted by molar-refractivity contribution is 5.83. The van der Waals surface area contributed by atoms with Gasteiger partial charge in [-0.25, -0.2) is 0 Å². The van der Waals surface area contributed by atoms with Crippen molar-refractivity contribution in [3.63, 3.8) is 0 Å². The van der Waals surface area contributed by atoms with Crippen molar-refractivity contribution in [3.8, 4) is 0 Å². The van der Waals surface area contributed by atoms with Gasteiger partial charge in [-0.2, -0.15) is 0 Å². The molecule has 2 N–H and O–H groups in total. The molecule has 2 amide bonds. The van der Waals surface area contributed by atoms with Crippen LogP contribution < -0.4 is 5.32 Å². The molecule has 1 saturated carbocycles. The van der Waals surface area contributed by atoms with E-state index >= 15 is 0 Å². The first kappa shape index (κ1) is 16.8. The lowest BCUT2D eigenvalue weighted by molar-refractivity contribution is -0.143. The van der Waals surface area contributed by atoms with Crippen LogP contribution >= 0.6 is 0 Å². The maximum Gasteiger partial charge on any atom is 0.311 e. The zero-order valence-electron chi connectivity index (χ0n) is 13.4. The maximum atomic E-state index is 12.3. The fraction of sp³-hybridized carbons (Fsp3) is 0.812. The van der Waals surface area contributed by atoms with Crippen LogP contribution in [0.3, 0.4) is 0 Å². The second kappa shape index (κ2) is 6.67. The molecule has 0 aromatic heterocycles. The summed E-state index contributed by atoms with van der Waals surface area (Å²) in [6.45, 7) is 5.27. The molecule has 0 bridgehead atoms. The summed E-state index contributed by atoms with van der Waals surface area (Å²) in [5.74, 6) is -1.06. The van der Waals surface area contributed by atoms with E-state index in [1.54, 1.807) is 4.90 Å². The number of carbonyl (C=O) groups is 3. The second-order valence-corrected chi connectivity index (χ2v) is 6.74. The number of carboxylic acids is 1. The Morgan fingerprint density at radius 1 is 1.36 bits per heavy atom. The molecule has 1 aliphatic heterocycles. The fourth-order valence-electron chi connectivity index (χ4n) is 2.90. The number of amides is 2.